The third kappa shape index (κ3) is 5.20. The molecule has 8 heteroatoms. The fourth-order valence-electron chi connectivity index (χ4n) is 4.39. The van der Waals surface area contributed by atoms with E-state index in [4.69, 9.17) is 22.1 Å². The molecule has 5 nitrogen and oxygen atoms in total. The highest BCUT2D eigenvalue weighted by atomic mass is 35.5. The van der Waals surface area contributed by atoms with Crippen molar-refractivity contribution in [2.75, 3.05) is 26.2 Å². The molecule has 1 aromatic carbocycles. The molecule has 166 valence electrons. The van der Waals surface area contributed by atoms with E-state index >= 15 is 0 Å². The Hall–Kier alpha value is -0.560. The standard InChI is InChI=1S/C21H32ClN3O2.2ClH/c1-4-27-18-13-21(23,20(18,2)3)19(26)24-14-17(25-10-5-6-11-25)15-8-7-9-16(22)12-15;;/h7-9,12,17-18H,4-6,10-11,13-14,23H2,1-3H3,(H,24,26);2*1H. The molecule has 1 heterocycles. The lowest BCUT2D eigenvalue weighted by Crippen LogP contribution is -2.76. The largest absolute Gasteiger partial charge is 0.378 e. The van der Waals surface area contributed by atoms with Crippen molar-refractivity contribution in [3.63, 3.8) is 0 Å². The Morgan fingerprint density at radius 3 is 2.55 bits per heavy atom. The van der Waals surface area contributed by atoms with E-state index in [-0.39, 0.29) is 48.3 Å². The summed E-state index contributed by atoms with van der Waals surface area (Å²) in [5, 5.41) is 3.85. The van der Waals surface area contributed by atoms with Crippen LogP contribution in [0.25, 0.3) is 0 Å². The van der Waals surface area contributed by atoms with Gasteiger partial charge >= 0.3 is 0 Å². The van der Waals surface area contributed by atoms with Gasteiger partial charge < -0.3 is 15.8 Å². The predicted molar refractivity (Wildman–Crippen MR) is 123 cm³/mol. The molecular weight excluding hydrogens is 433 g/mol. The number of amides is 1. The van der Waals surface area contributed by atoms with Crippen LogP contribution < -0.4 is 11.1 Å². The summed E-state index contributed by atoms with van der Waals surface area (Å²) in [6, 6.07) is 8.04. The van der Waals surface area contributed by atoms with E-state index in [9.17, 15) is 4.79 Å². The van der Waals surface area contributed by atoms with Gasteiger partial charge in [0, 0.05) is 30.0 Å². The average molecular weight is 467 g/mol. The molecule has 2 aliphatic rings. The smallest absolute Gasteiger partial charge is 0.240 e. The number of nitrogens with two attached hydrogens (primary N) is 1. The maximum absolute atomic E-state index is 13.0. The highest BCUT2D eigenvalue weighted by molar-refractivity contribution is 6.30. The Bertz CT molecular complexity index is 683. The van der Waals surface area contributed by atoms with Gasteiger partial charge in [0.2, 0.25) is 5.91 Å². The van der Waals surface area contributed by atoms with Crippen molar-refractivity contribution >= 4 is 42.3 Å². The maximum Gasteiger partial charge on any atom is 0.240 e. The third-order valence-electron chi connectivity index (χ3n) is 6.51. The molecule has 1 saturated heterocycles. The highest BCUT2D eigenvalue weighted by Gasteiger charge is 2.62. The van der Waals surface area contributed by atoms with Gasteiger partial charge in [-0.1, -0.05) is 37.6 Å². The summed E-state index contributed by atoms with van der Waals surface area (Å²) >= 11 is 6.21. The summed E-state index contributed by atoms with van der Waals surface area (Å²) in [6.07, 6.45) is 2.97. The van der Waals surface area contributed by atoms with E-state index in [2.05, 4.69) is 16.3 Å². The molecule has 3 unspecified atom stereocenters. The molecular formula is C21H34Cl3N3O2. The Kier molecular flexibility index (Phi) is 9.72. The maximum atomic E-state index is 13.0. The molecule has 2 fully saturated rings. The van der Waals surface area contributed by atoms with Crippen molar-refractivity contribution in [2.45, 2.75) is 57.7 Å². The minimum Gasteiger partial charge on any atom is -0.378 e. The van der Waals surface area contributed by atoms with Crippen molar-refractivity contribution in [1.82, 2.24) is 10.2 Å². The molecule has 0 bridgehead atoms. The van der Waals surface area contributed by atoms with E-state index < -0.39 is 5.54 Å². The van der Waals surface area contributed by atoms with Crippen LogP contribution in [0.2, 0.25) is 5.02 Å². The van der Waals surface area contributed by atoms with Gasteiger partial charge in [-0.25, -0.2) is 0 Å². The van der Waals surface area contributed by atoms with Gasteiger partial charge in [-0.3, -0.25) is 9.69 Å². The van der Waals surface area contributed by atoms with Crippen LogP contribution in [-0.4, -0.2) is 48.7 Å². The van der Waals surface area contributed by atoms with E-state index in [1.165, 1.54) is 12.8 Å². The molecule has 1 aliphatic heterocycles. The number of nitrogens with zero attached hydrogens (tertiary/aromatic N) is 1. The Morgan fingerprint density at radius 1 is 1.34 bits per heavy atom. The lowest BCUT2D eigenvalue weighted by Gasteiger charge is -2.57. The van der Waals surface area contributed by atoms with Crippen LogP contribution in [0.15, 0.2) is 24.3 Å². The van der Waals surface area contributed by atoms with Crippen molar-refractivity contribution in [2.24, 2.45) is 11.1 Å². The van der Waals surface area contributed by atoms with Crippen molar-refractivity contribution < 1.29 is 9.53 Å². The van der Waals surface area contributed by atoms with Gasteiger partial charge in [0.1, 0.15) is 5.54 Å². The lowest BCUT2D eigenvalue weighted by atomic mass is 9.54. The van der Waals surface area contributed by atoms with Crippen LogP contribution in [0, 0.1) is 5.41 Å². The number of halogens is 3. The molecule has 29 heavy (non-hydrogen) atoms. The first-order chi connectivity index (χ1) is 12.8. The van der Waals surface area contributed by atoms with Gasteiger partial charge in [0.05, 0.1) is 12.1 Å². The van der Waals surface area contributed by atoms with Crippen molar-refractivity contribution in [1.29, 1.82) is 0 Å². The Morgan fingerprint density at radius 2 is 2.00 bits per heavy atom. The van der Waals surface area contributed by atoms with Gasteiger partial charge in [0.15, 0.2) is 0 Å². The third-order valence-corrected chi connectivity index (χ3v) is 6.74. The van der Waals surface area contributed by atoms with E-state index in [1.807, 2.05) is 39.0 Å². The number of likely N-dealkylation sites (tertiary alicyclic amines) is 1. The predicted octanol–water partition coefficient (Wildman–Crippen LogP) is 3.97. The van der Waals surface area contributed by atoms with Gasteiger partial charge in [-0.05, 0) is 50.6 Å². The normalized spacial score (nSPS) is 26.6. The van der Waals surface area contributed by atoms with Crippen LogP contribution >= 0.6 is 36.4 Å². The van der Waals surface area contributed by atoms with Crippen LogP contribution in [0.1, 0.15) is 51.6 Å². The van der Waals surface area contributed by atoms with Crippen LogP contribution in [0.5, 0.6) is 0 Å². The van der Waals surface area contributed by atoms with Crippen molar-refractivity contribution in [3.8, 4) is 0 Å². The monoisotopic (exact) mass is 465 g/mol. The lowest BCUT2D eigenvalue weighted by molar-refractivity contribution is -0.170. The second-order valence-corrected chi connectivity index (χ2v) is 8.80. The summed E-state index contributed by atoms with van der Waals surface area (Å²) in [5.41, 5.74) is 6.38. The number of benzene rings is 1. The number of rotatable bonds is 7. The second-order valence-electron chi connectivity index (χ2n) is 8.37. The minimum absolute atomic E-state index is 0. The number of nitrogens with one attached hydrogen (secondary N) is 1. The van der Waals surface area contributed by atoms with Gasteiger partial charge in [-0.15, -0.1) is 24.8 Å². The van der Waals surface area contributed by atoms with E-state index in [0.717, 1.165) is 23.7 Å². The Labute approximate surface area is 191 Å². The Balaban J connectivity index is 0.00000210. The molecule has 1 aliphatic carbocycles. The summed E-state index contributed by atoms with van der Waals surface area (Å²) in [4.78, 5) is 15.4. The fourth-order valence-corrected chi connectivity index (χ4v) is 4.59. The quantitative estimate of drug-likeness (QED) is 0.638. The summed E-state index contributed by atoms with van der Waals surface area (Å²) in [7, 11) is 0. The number of carbonyl (C=O) groups excluding carboxylic acids is 1. The molecule has 3 N–H and O–H groups in total. The molecule has 3 rings (SSSR count). The zero-order valence-electron chi connectivity index (χ0n) is 17.4. The molecule has 0 radical (unpaired) electrons. The molecule has 0 aromatic heterocycles. The van der Waals surface area contributed by atoms with Crippen LogP contribution in [0.4, 0.5) is 0 Å². The summed E-state index contributed by atoms with van der Waals surface area (Å²) < 4.78 is 5.75. The van der Waals surface area contributed by atoms with Gasteiger partial charge in [0.25, 0.3) is 0 Å². The molecule has 1 amide bonds. The molecule has 0 spiro atoms. The second kappa shape index (κ2) is 10.7. The number of carbonyl (C=O) groups is 1. The van der Waals surface area contributed by atoms with Crippen molar-refractivity contribution in [3.05, 3.63) is 34.9 Å². The average Bonchev–Trinajstić information content (AvgIpc) is 3.16. The molecule has 1 aromatic rings. The number of hydrogen-bond acceptors (Lipinski definition) is 4. The minimum atomic E-state index is -0.892. The molecule has 1 saturated carbocycles. The summed E-state index contributed by atoms with van der Waals surface area (Å²) in [6.45, 7) is 9.26. The first-order valence-electron chi connectivity index (χ1n) is 9.98. The first kappa shape index (κ1) is 26.5. The zero-order valence-corrected chi connectivity index (χ0v) is 19.8. The highest BCUT2D eigenvalue weighted by Crippen LogP contribution is 2.49. The zero-order chi connectivity index (χ0) is 19.7. The topological polar surface area (TPSA) is 67.6 Å². The first-order valence-corrected chi connectivity index (χ1v) is 10.4. The number of ether oxygens (including phenoxy) is 1. The van der Waals surface area contributed by atoms with E-state index in [1.54, 1.807) is 0 Å². The fraction of sp³-hybridized carbons (Fsp3) is 0.667. The van der Waals surface area contributed by atoms with Crippen LogP contribution in [-0.2, 0) is 9.53 Å². The van der Waals surface area contributed by atoms with Gasteiger partial charge in [-0.2, -0.15) is 0 Å². The summed E-state index contributed by atoms with van der Waals surface area (Å²) in [5.74, 6) is -0.0883. The molecule has 3 atom stereocenters. The van der Waals surface area contributed by atoms with E-state index in [0.29, 0.717) is 19.6 Å². The SMILES string of the molecule is CCOC1CC(N)(C(=O)NCC(c2cccc(Cl)c2)N2CCCC2)C1(C)C.Cl.Cl. The number of hydrogen-bond donors (Lipinski definition) is 2. The van der Waals surface area contributed by atoms with Crippen LogP contribution in [0.3, 0.4) is 0 Å².